The fourth-order valence-corrected chi connectivity index (χ4v) is 2.54. The van der Waals surface area contributed by atoms with Crippen molar-refractivity contribution < 1.29 is 4.79 Å². The van der Waals surface area contributed by atoms with E-state index in [-0.39, 0.29) is 17.2 Å². The van der Waals surface area contributed by atoms with Gasteiger partial charge in [0.15, 0.2) is 0 Å². The molecule has 1 N–H and O–H groups in total. The number of aromatic nitrogens is 2. The molecule has 1 aromatic heterocycles. The molecule has 1 heterocycles. The molecule has 0 aliphatic heterocycles. The van der Waals surface area contributed by atoms with Gasteiger partial charge in [-0.2, -0.15) is 0 Å². The highest BCUT2D eigenvalue weighted by atomic mass is 16.1. The summed E-state index contributed by atoms with van der Waals surface area (Å²) in [7, 11) is 0. The van der Waals surface area contributed by atoms with E-state index < -0.39 is 0 Å². The van der Waals surface area contributed by atoms with Crippen LogP contribution < -0.4 is 5.32 Å². The standard InChI is InChI=1S/C18H31N3O/c1-6-7-8-9-10-16(18(3,4)5)17(22)21-13-15-12-19-14(2)11-20-15/h11-12,16H,6-10,13H2,1-5H3,(H,21,22). The van der Waals surface area contributed by atoms with E-state index in [1.54, 1.807) is 12.4 Å². The summed E-state index contributed by atoms with van der Waals surface area (Å²) in [5, 5.41) is 3.02. The van der Waals surface area contributed by atoms with Crippen LogP contribution in [0.2, 0.25) is 0 Å². The summed E-state index contributed by atoms with van der Waals surface area (Å²) in [4.78, 5) is 21.0. The lowest BCUT2D eigenvalue weighted by atomic mass is 9.77. The number of hydrogen-bond acceptors (Lipinski definition) is 3. The van der Waals surface area contributed by atoms with E-state index in [1.165, 1.54) is 19.3 Å². The van der Waals surface area contributed by atoms with E-state index >= 15 is 0 Å². The highest BCUT2D eigenvalue weighted by Crippen LogP contribution is 2.30. The monoisotopic (exact) mass is 305 g/mol. The number of rotatable bonds is 8. The van der Waals surface area contributed by atoms with Crippen molar-refractivity contribution in [2.45, 2.75) is 73.3 Å². The summed E-state index contributed by atoms with van der Waals surface area (Å²) in [6.07, 6.45) is 9.20. The first-order valence-electron chi connectivity index (χ1n) is 8.39. The van der Waals surface area contributed by atoms with Gasteiger partial charge in [0, 0.05) is 12.1 Å². The molecule has 124 valence electrons. The van der Waals surface area contributed by atoms with Crippen LogP contribution in [0.25, 0.3) is 0 Å². The Balaban J connectivity index is 2.54. The van der Waals surface area contributed by atoms with Crippen molar-refractivity contribution in [3.05, 3.63) is 23.8 Å². The molecule has 0 saturated carbocycles. The third-order valence-electron chi connectivity index (χ3n) is 3.99. The predicted octanol–water partition coefficient (Wildman–Crippen LogP) is 4.03. The Morgan fingerprint density at radius 3 is 2.45 bits per heavy atom. The van der Waals surface area contributed by atoms with Gasteiger partial charge in [0.2, 0.25) is 5.91 Å². The first-order valence-corrected chi connectivity index (χ1v) is 8.39. The number of carbonyl (C=O) groups excluding carboxylic acids is 1. The van der Waals surface area contributed by atoms with Gasteiger partial charge in [-0.05, 0) is 18.8 Å². The van der Waals surface area contributed by atoms with Gasteiger partial charge >= 0.3 is 0 Å². The lowest BCUT2D eigenvalue weighted by Gasteiger charge is -2.29. The van der Waals surface area contributed by atoms with Crippen molar-refractivity contribution in [3.63, 3.8) is 0 Å². The van der Waals surface area contributed by atoms with E-state index in [0.717, 1.165) is 24.2 Å². The third kappa shape index (κ3) is 6.54. The molecule has 1 rings (SSSR count). The number of nitrogens with zero attached hydrogens (tertiary/aromatic N) is 2. The second kappa shape index (κ2) is 8.86. The molecule has 0 fully saturated rings. The fraction of sp³-hybridized carbons (Fsp3) is 0.722. The zero-order valence-electron chi connectivity index (χ0n) is 14.8. The molecular formula is C18H31N3O. The van der Waals surface area contributed by atoms with E-state index in [1.807, 2.05) is 6.92 Å². The second-order valence-corrected chi connectivity index (χ2v) is 7.13. The highest BCUT2D eigenvalue weighted by Gasteiger charge is 2.30. The molecule has 1 amide bonds. The molecular weight excluding hydrogens is 274 g/mol. The number of aryl methyl sites for hydroxylation is 1. The number of amides is 1. The van der Waals surface area contributed by atoms with Gasteiger partial charge < -0.3 is 5.32 Å². The molecule has 4 nitrogen and oxygen atoms in total. The smallest absolute Gasteiger partial charge is 0.223 e. The quantitative estimate of drug-likeness (QED) is 0.738. The first kappa shape index (κ1) is 18.6. The molecule has 4 heteroatoms. The molecule has 0 saturated heterocycles. The van der Waals surface area contributed by atoms with E-state index in [9.17, 15) is 4.79 Å². The summed E-state index contributed by atoms with van der Waals surface area (Å²) >= 11 is 0. The maximum Gasteiger partial charge on any atom is 0.223 e. The van der Waals surface area contributed by atoms with E-state index in [4.69, 9.17) is 0 Å². The lowest BCUT2D eigenvalue weighted by molar-refractivity contribution is -0.128. The van der Waals surface area contributed by atoms with Crippen LogP contribution in [-0.4, -0.2) is 15.9 Å². The van der Waals surface area contributed by atoms with E-state index in [0.29, 0.717) is 6.54 Å². The van der Waals surface area contributed by atoms with Crippen LogP contribution >= 0.6 is 0 Å². The molecule has 0 bridgehead atoms. The van der Waals surface area contributed by atoms with Crippen LogP contribution in [0, 0.1) is 18.3 Å². The topological polar surface area (TPSA) is 54.9 Å². The lowest BCUT2D eigenvalue weighted by Crippen LogP contribution is -2.37. The summed E-state index contributed by atoms with van der Waals surface area (Å²) in [5.74, 6) is 0.175. The van der Waals surface area contributed by atoms with Crippen molar-refractivity contribution in [3.8, 4) is 0 Å². The molecule has 0 radical (unpaired) electrons. The maximum atomic E-state index is 12.5. The van der Waals surface area contributed by atoms with Gasteiger partial charge in [0.1, 0.15) is 0 Å². The number of unbranched alkanes of at least 4 members (excludes halogenated alkanes) is 3. The van der Waals surface area contributed by atoms with Gasteiger partial charge in [-0.3, -0.25) is 14.8 Å². The highest BCUT2D eigenvalue weighted by molar-refractivity contribution is 5.79. The van der Waals surface area contributed by atoms with Crippen LogP contribution in [0.5, 0.6) is 0 Å². The largest absolute Gasteiger partial charge is 0.350 e. The zero-order valence-corrected chi connectivity index (χ0v) is 14.8. The van der Waals surface area contributed by atoms with Crippen molar-refractivity contribution >= 4 is 5.91 Å². The number of nitrogens with one attached hydrogen (secondary N) is 1. The molecule has 0 aliphatic carbocycles. The Morgan fingerprint density at radius 2 is 1.91 bits per heavy atom. The van der Waals surface area contributed by atoms with Crippen LogP contribution in [0.15, 0.2) is 12.4 Å². The van der Waals surface area contributed by atoms with Gasteiger partial charge in [-0.1, -0.05) is 53.4 Å². The van der Waals surface area contributed by atoms with Crippen LogP contribution in [0.1, 0.15) is 71.2 Å². The minimum absolute atomic E-state index is 0.0186. The minimum Gasteiger partial charge on any atom is -0.350 e. The molecule has 22 heavy (non-hydrogen) atoms. The van der Waals surface area contributed by atoms with Crippen molar-refractivity contribution in [1.82, 2.24) is 15.3 Å². The Labute approximate surface area is 135 Å². The SMILES string of the molecule is CCCCCCC(C(=O)NCc1cnc(C)cn1)C(C)(C)C. The Morgan fingerprint density at radius 1 is 1.18 bits per heavy atom. The predicted molar refractivity (Wildman–Crippen MR) is 90.3 cm³/mol. The normalized spacial score (nSPS) is 13.0. The summed E-state index contributed by atoms with van der Waals surface area (Å²) in [6, 6.07) is 0. The van der Waals surface area contributed by atoms with Gasteiger partial charge in [-0.25, -0.2) is 0 Å². The molecule has 1 unspecified atom stereocenters. The van der Waals surface area contributed by atoms with Gasteiger partial charge in [0.25, 0.3) is 0 Å². The van der Waals surface area contributed by atoms with Crippen molar-refractivity contribution in [2.75, 3.05) is 0 Å². The Hall–Kier alpha value is -1.45. The van der Waals surface area contributed by atoms with Crippen LogP contribution in [0.3, 0.4) is 0 Å². The molecule has 0 aliphatic rings. The third-order valence-corrected chi connectivity index (χ3v) is 3.99. The Kier molecular flexibility index (Phi) is 7.49. The molecule has 1 atom stereocenters. The average molecular weight is 305 g/mol. The fourth-order valence-electron chi connectivity index (χ4n) is 2.54. The second-order valence-electron chi connectivity index (χ2n) is 7.13. The van der Waals surface area contributed by atoms with Gasteiger partial charge in [0.05, 0.1) is 24.1 Å². The maximum absolute atomic E-state index is 12.5. The van der Waals surface area contributed by atoms with Crippen LogP contribution in [-0.2, 0) is 11.3 Å². The Bertz CT molecular complexity index is 448. The summed E-state index contributed by atoms with van der Waals surface area (Å²) in [5.41, 5.74) is 1.67. The van der Waals surface area contributed by atoms with Crippen molar-refractivity contribution in [2.24, 2.45) is 11.3 Å². The summed E-state index contributed by atoms with van der Waals surface area (Å²) < 4.78 is 0. The van der Waals surface area contributed by atoms with Crippen molar-refractivity contribution in [1.29, 1.82) is 0 Å². The number of carbonyl (C=O) groups is 1. The van der Waals surface area contributed by atoms with Crippen LogP contribution in [0.4, 0.5) is 0 Å². The minimum atomic E-state index is -0.0186. The molecule has 1 aromatic rings. The zero-order chi connectivity index (χ0) is 16.6. The average Bonchev–Trinajstić information content (AvgIpc) is 2.45. The van der Waals surface area contributed by atoms with E-state index in [2.05, 4.69) is 43.0 Å². The first-order chi connectivity index (χ1) is 10.3. The van der Waals surface area contributed by atoms with Gasteiger partial charge in [-0.15, -0.1) is 0 Å². The summed E-state index contributed by atoms with van der Waals surface area (Å²) in [6.45, 7) is 11.0. The number of hydrogen-bond donors (Lipinski definition) is 1. The molecule has 0 spiro atoms. The molecule has 0 aromatic carbocycles.